The fraction of sp³-hybridized carbons (Fsp3) is 0.909. The second-order valence-corrected chi connectivity index (χ2v) is 4.80. The molecule has 0 radical (unpaired) electrons. The van der Waals surface area contributed by atoms with E-state index in [1.807, 2.05) is 0 Å². The Kier molecular flexibility index (Phi) is 10.6. The van der Waals surface area contributed by atoms with Crippen molar-refractivity contribution in [2.45, 2.75) is 32.0 Å². The number of likely N-dealkylation sites (tertiary alicyclic amines) is 1. The molecule has 0 amide bonds. The lowest BCUT2D eigenvalue weighted by Crippen LogP contribution is -2.43. The van der Waals surface area contributed by atoms with Gasteiger partial charge in [-0.15, -0.1) is 24.8 Å². The molecule has 0 spiro atoms. The van der Waals surface area contributed by atoms with Crippen LogP contribution in [0.15, 0.2) is 0 Å². The molecule has 1 aliphatic rings. The van der Waals surface area contributed by atoms with Crippen molar-refractivity contribution in [3.63, 3.8) is 0 Å². The predicted octanol–water partition coefficient (Wildman–Crippen LogP) is 2.17. The van der Waals surface area contributed by atoms with Crippen LogP contribution in [-0.2, 0) is 4.79 Å². The van der Waals surface area contributed by atoms with Crippen molar-refractivity contribution in [1.29, 1.82) is 0 Å². The number of carboxylic acids is 1. The Bertz CT molecular complexity index is 285. The van der Waals surface area contributed by atoms with Gasteiger partial charge in [0.2, 0.25) is 0 Å². The number of nitrogens with zero attached hydrogens (tertiary/aromatic N) is 1. The van der Waals surface area contributed by atoms with E-state index in [9.17, 15) is 18.0 Å². The van der Waals surface area contributed by atoms with E-state index in [0.717, 1.165) is 0 Å². The van der Waals surface area contributed by atoms with E-state index in [1.54, 1.807) is 6.92 Å². The summed E-state index contributed by atoms with van der Waals surface area (Å²) in [6.45, 7) is 2.10. The first-order valence-corrected chi connectivity index (χ1v) is 6.03. The minimum atomic E-state index is -4.14. The summed E-state index contributed by atoms with van der Waals surface area (Å²) in [6, 6.07) is -0.613. The Balaban J connectivity index is 0. The van der Waals surface area contributed by atoms with Crippen LogP contribution in [0.2, 0.25) is 0 Å². The molecule has 0 aromatic rings. The molecule has 2 N–H and O–H groups in total. The summed E-state index contributed by atoms with van der Waals surface area (Å²) in [5, 5.41) is 11.6. The monoisotopic (exact) mass is 340 g/mol. The maximum absolute atomic E-state index is 12.2. The highest BCUT2D eigenvalue weighted by Crippen LogP contribution is 2.22. The van der Waals surface area contributed by atoms with Gasteiger partial charge >= 0.3 is 12.1 Å². The molecule has 1 rings (SSSR count). The number of hydrogen-bond acceptors (Lipinski definition) is 3. The van der Waals surface area contributed by atoms with Crippen molar-refractivity contribution in [3.8, 4) is 0 Å². The number of halogens is 5. The number of alkyl halides is 3. The summed E-state index contributed by atoms with van der Waals surface area (Å²) in [5.74, 6) is -0.652. The molecule has 122 valence electrons. The fourth-order valence-electron chi connectivity index (χ4n) is 2.03. The Labute approximate surface area is 128 Å². The molecule has 0 unspecified atom stereocenters. The van der Waals surface area contributed by atoms with E-state index in [-0.39, 0.29) is 30.7 Å². The Morgan fingerprint density at radius 2 is 1.85 bits per heavy atom. The summed E-state index contributed by atoms with van der Waals surface area (Å²) in [6.07, 6.45) is -2.78. The van der Waals surface area contributed by atoms with Crippen LogP contribution in [0.4, 0.5) is 13.2 Å². The molecule has 9 heteroatoms. The summed E-state index contributed by atoms with van der Waals surface area (Å²) < 4.78 is 36.5. The van der Waals surface area contributed by atoms with Crippen molar-refractivity contribution in [2.24, 2.45) is 5.92 Å². The maximum Gasteiger partial charge on any atom is 0.401 e. The van der Waals surface area contributed by atoms with Crippen LogP contribution in [0.3, 0.4) is 0 Å². The van der Waals surface area contributed by atoms with Crippen LogP contribution >= 0.6 is 24.8 Å². The largest absolute Gasteiger partial charge is 0.480 e. The minimum absolute atomic E-state index is 0. The summed E-state index contributed by atoms with van der Waals surface area (Å²) in [7, 11) is 0. The maximum atomic E-state index is 12.2. The van der Waals surface area contributed by atoms with Crippen molar-refractivity contribution in [1.82, 2.24) is 10.2 Å². The van der Waals surface area contributed by atoms with E-state index in [2.05, 4.69) is 5.32 Å². The Morgan fingerprint density at radius 3 is 2.25 bits per heavy atom. The van der Waals surface area contributed by atoms with Gasteiger partial charge in [0.15, 0.2) is 0 Å². The highest BCUT2D eigenvalue weighted by Gasteiger charge is 2.32. The molecule has 1 saturated heterocycles. The second kappa shape index (κ2) is 9.65. The molecular formula is C11H21Cl2F3N2O2. The first-order valence-electron chi connectivity index (χ1n) is 6.03. The molecule has 0 aromatic carbocycles. The van der Waals surface area contributed by atoms with E-state index in [4.69, 9.17) is 5.11 Å². The van der Waals surface area contributed by atoms with Gasteiger partial charge in [0.1, 0.15) is 6.04 Å². The van der Waals surface area contributed by atoms with E-state index < -0.39 is 24.7 Å². The molecule has 0 bridgehead atoms. The summed E-state index contributed by atoms with van der Waals surface area (Å²) in [4.78, 5) is 12.0. The molecule has 1 atom stereocenters. The zero-order valence-electron chi connectivity index (χ0n) is 11.2. The lowest BCUT2D eigenvalue weighted by Gasteiger charge is -2.32. The second-order valence-electron chi connectivity index (χ2n) is 4.80. The first kappa shape index (κ1) is 22.0. The molecule has 1 aliphatic heterocycles. The average molecular weight is 341 g/mol. The normalized spacial score (nSPS) is 18.8. The molecule has 4 nitrogen and oxygen atoms in total. The van der Waals surface area contributed by atoms with Crippen molar-refractivity contribution < 1.29 is 23.1 Å². The van der Waals surface area contributed by atoms with Crippen LogP contribution in [0.5, 0.6) is 0 Å². The van der Waals surface area contributed by atoms with Gasteiger partial charge in [0, 0.05) is 0 Å². The van der Waals surface area contributed by atoms with Gasteiger partial charge in [-0.05, 0) is 45.3 Å². The van der Waals surface area contributed by atoms with Gasteiger partial charge in [-0.2, -0.15) is 13.2 Å². The van der Waals surface area contributed by atoms with Crippen molar-refractivity contribution in [2.75, 3.05) is 26.2 Å². The first-order chi connectivity index (χ1) is 8.28. The van der Waals surface area contributed by atoms with Crippen LogP contribution in [0.25, 0.3) is 0 Å². The fourth-order valence-corrected chi connectivity index (χ4v) is 2.03. The van der Waals surface area contributed by atoms with Gasteiger partial charge in [-0.1, -0.05) is 0 Å². The van der Waals surface area contributed by atoms with E-state index >= 15 is 0 Å². The lowest BCUT2D eigenvalue weighted by molar-refractivity contribution is -0.148. The zero-order valence-corrected chi connectivity index (χ0v) is 12.8. The zero-order chi connectivity index (χ0) is 13.8. The number of hydrogen-bond donors (Lipinski definition) is 2. The standard InChI is InChI=1S/C11H19F3N2O2.2ClH/c1-8(10(17)18)15-6-9-2-4-16(5-3-9)7-11(12,13)14;;/h8-9,15H,2-7H2,1H3,(H,17,18);2*1H/t8-;;/m0../s1. The van der Waals surface area contributed by atoms with Crippen LogP contribution in [0, 0.1) is 5.92 Å². The topological polar surface area (TPSA) is 52.6 Å². The summed E-state index contributed by atoms with van der Waals surface area (Å²) in [5.41, 5.74) is 0. The molecule has 0 aliphatic carbocycles. The molecule has 1 fully saturated rings. The number of rotatable bonds is 5. The number of nitrogens with one attached hydrogen (secondary N) is 1. The summed E-state index contributed by atoms with van der Waals surface area (Å²) >= 11 is 0. The van der Waals surface area contributed by atoms with Gasteiger partial charge in [-0.3, -0.25) is 9.69 Å². The number of aliphatic carboxylic acids is 1. The van der Waals surface area contributed by atoms with Crippen LogP contribution in [0.1, 0.15) is 19.8 Å². The van der Waals surface area contributed by atoms with Crippen molar-refractivity contribution in [3.05, 3.63) is 0 Å². The van der Waals surface area contributed by atoms with Gasteiger partial charge in [0.25, 0.3) is 0 Å². The van der Waals surface area contributed by atoms with E-state index in [1.165, 1.54) is 4.90 Å². The third kappa shape index (κ3) is 8.84. The third-order valence-corrected chi connectivity index (χ3v) is 3.19. The van der Waals surface area contributed by atoms with E-state index in [0.29, 0.717) is 32.5 Å². The van der Waals surface area contributed by atoms with Crippen molar-refractivity contribution >= 4 is 30.8 Å². The van der Waals surface area contributed by atoms with Gasteiger partial charge in [0.05, 0.1) is 6.54 Å². The lowest BCUT2D eigenvalue weighted by atomic mass is 9.96. The number of carbonyl (C=O) groups is 1. The SMILES string of the molecule is C[C@H](NCC1CCN(CC(F)(F)F)CC1)C(=O)O.Cl.Cl. The minimum Gasteiger partial charge on any atom is -0.480 e. The molecular weight excluding hydrogens is 320 g/mol. The number of piperidine rings is 1. The molecule has 20 heavy (non-hydrogen) atoms. The van der Waals surface area contributed by atoms with Gasteiger partial charge in [-0.25, -0.2) is 0 Å². The predicted molar refractivity (Wildman–Crippen MR) is 74.8 cm³/mol. The van der Waals surface area contributed by atoms with Crippen LogP contribution in [-0.4, -0.2) is 54.4 Å². The quantitative estimate of drug-likeness (QED) is 0.805. The van der Waals surface area contributed by atoms with Crippen LogP contribution < -0.4 is 5.32 Å². The Hall–Kier alpha value is -0.240. The average Bonchev–Trinajstić information content (AvgIpc) is 2.25. The smallest absolute Gasteiger partial charge is 0.401 e. The highest BCUT2D eigenvalue weighted by atomic mass is 35.5. The molecule has 0 saturated carbocycles. The highest BCUT2D eigenvalue weighted by molar-refractivity contribution is 5.85. The Morgan fingerprint density at radius 1 is 1.35 bits per heavy atom. The molecule has 0 aromatic heterocycles. The molecule has 1 heterocycles. The van der Waals surface area contributed by atoms with Gasteiger partial charge < -0.3 is 10.4 Å². The third-order valence-electron chi connectivity index (χ3n) is 3.19. The number of carboxylic acid groups (broad SMARTS) is 1.